The maximum atomic E-state index is 13.2. The second kappa shape index (κ2) is 5.40. The van der Waals surface area contributed by atoms with E-state index in [1.807, 2.05) is 6.92 Å². The van der Waals surface area contributed by atoms with Crippen molar-refractivity contribution in [2.75, 3.05) is 5.73 Å². The minimum atomic E-state index is -0.413. The number of nitrogens with zero attached hydrogens (tertiary/aromatic N) is 2. The zero-order chi connectivity index (χ0) is 15.9. The molecule has 3 N–H and O–H groups in total. The van der Waals surface area contributed by atoms with Gasteiger partial charge in [0.1, 0.15) is 13.7 Å². The van der Waals surface area contributed by atoms with Gasteiger partial charge in [-0.1, -0.05) is 18.5 Å². The van der Waals surface area contributed by atoms with E-state index >= 15 is 0 Å². The number of amides is 1. The molecular formula is C15H14BFN4O. The van der Waals surface area contributed by atoms with E-state index in [1.165, 1.54) is 12.1 Å². The van der Waals surface area contributed by atoms with Crippen LogP contribution in [-0.2, 0) is 12.8 Å². The second-order valence-corrected chi connectivity index (χ2v) is 5.21. The van der Waals surface area contributed by atoms with Crippen molar-refractivity contribution in [2.45, 2.75) is 25.8 Å². The maximum absolute atomic E-state index is 13.2. The number of aromatic nitrogens is 2. The standard InChI is InChI=1S/C15H14BFN4O/c1-2-10-13-12(21-15(18)20-10)6-11(19-14(13)22)8-4-3-7(17)5-9(8)16/h3-5,11H,2,6H2,1H3,(H,19,22)(H2,18,20,21)/t11-/m1/s1. The summed E-state index contributed by atoms with van der Waals surface area (Å²) in [6, 6.07) is 3.77. The van der Waals surface area contributed by atoms with E-state index < -0.39 is 5.82 Å². The summed E-state index contributed by atoms with van der Waals surface area (Å²) in [5.41, 5.74) is 8.38. The summed E-state index contributed by atoms with van der Waals surface area (Å²) < 4.78 is 13.2. The van der Waals surface area contributed by atoms with Crippen molar-refractivity contribution >= 4 is 25.2 Å². The molecule has 1 amide bonds. The summed E-state index contributed by atoms with van der Waals surface area (Å²) in [4.78, 5) is 20.7. The van der Waals surface area contributed by atoms with Gasteiger partial charge in [0.25, 0.3) is 5.91 Å². The van der Waals surface area contributed by atoms with Crippen LogP contribution >= 0.6 is 0 Å². The third kappa shape index (κ3) is 2.43. The molecule has 2 radical (unpaired) electrons. The Hall–Kier alpha value is -2.44. The topological polar surface area (TPSA) is 80.9 Å². The average molecular weight is 296 g/mol. The molecule has 7 heteroatoms. The van der Waals surface area contributed by atoms with Crippen LogP contribution in [-0.4, -0.2) is 23.7 Å². The Bertz CT molecular complexity index is 765. The van der Waals surface area contributed by atoms with Crippen LogP contribution in [0.25, 0.3) is 0 Å². The lowest BCUT2D eigenvalue weighted by atomic mass is 9.83. The minimum Gasteiger partial charge on any atom is -0.368 e. The molecule has 2 aromatic rings. The van der Waals surface area contributed by atoms with E-state index in [2.05, 4.69) is 15.3 Å². The molecule has 5 nitrogen and oxygen atoms in total. The van der Waals surface area contributed by atoms with Crippen molar-refractivity contribution in [3.05, 3.63) is 46.5 Å². The number of nitrogens with two attached hydrogens (primary N) is 1. The van der Waals surface area contributed by atoms with E-state index in [0.717, 1.165) is 0 Å². The van der Waals surface area contributed by atoms with Crippen molar-refractivity contribution in [1.29, 1.82) is 0 Å². The van der Waals surface area contributed by atoms with Gasteiger partial charge in [0, 0.05) is 6.42 Å². The Morgan fingerprint density at radius 1 is 1.45 bits per heavy atom. The molecule has 1 aliphatic rings. The highest BCUT2D eigenvalue weighted by atomic mass is 19.1. The molecule has 1 aromatic heterocycles. The van der Waals surface area contributed by atoms with Crippen LogP contribution in [0.3, 0.4) is 0 Å². The summed E-state index contributed by atoms with van der Waals surface area (Å²) in [5.74, 6) is -0.522. The Balaban J connectivity index is 2.04. The first-order valence-electron chi connectivity index (χ1n) is 7.00. The molecular weight excluding hydrogens is 282 g/mol. The number of carbonyl (C=O) groups excluding carboxylic acids is 1. The van der Waals surface area contributed by atoms with Gasteiger partial charge in [-0.3, -0.25) is 4.79 Å². The number of nitrogen functional groups attached to an aromatic ring is 1. The monoisotopic (exact) mass is 296 g/mol. The molecule has 0 bridgehead atoms. The van der Waals surface area contributed by atoms with Crippen molar-refractivity contribution in [2.24, 2.45) is 0 Å². The van der Waals surface area contributed by atoms with Gasteiger partial charge in [0.15, 0.2) is 0 Å². The molecule has 22 heavy (non-hydrogen) atoms. The Morgan fingerprint density at radius 3 is 2.91 bits per heavy atom. The molecule has 0 saturated heterocycles. The number of benzene rings is 1. The van der Waals surface area contributed by atoms with Crippen molar-refractivity contribution in [1.82, 2.24) is 15.3 Å². The summed E-state index contributed by atoms with van der Waals surface area (Å²) >= 11 is 0. The molecule has 2 heterocycles. The highest BCUT2D eigenvalue weighted by Gasteiger charge is 2.30. The Kier molecular flexibility index (Phi) is 3.56. The van der Waals surface area contributed by atoms with Gasteiger partial charge >= 0.3 is 0 Å². The van der Waals surface area contributed by atoms with E-state index in [0.29, 0.717) is 40.8 Å². The van der Waals surface area contributed by atoms with E-state index in [-0.39, 0.29) is 17.9 Å². The van der Waals surface area contributed by atoms with Gasteiger partial charge in [0.2, 0.25) is 5.95 Å². The van der Waals surface area contributed by atoms with Gasteiger partial charge in [-0.25, -0.2) is 14.4 Å². The zero-order valence-electron chi connectivity index (χ0n) is 12.1. The molecule has 0 aliphatic carbocycles. The average Bonchev–Trinajstić information content (AvgIpc) is 2.45. The van der Waals surface area contributed by atoms with Crippen LogP contribution in [0.4, 0.5) is 10.3 Å². The van der Waals surface area contributed by atoms with Crippen molar-refractivity contribution in [3.63, 3.8) is 0 Å². The molecule has 1 aromatic carbocycles. The van der Waals surface area contributed by atoms with Crippen LogP contribution in [0, 0.1) is 5.82 Å². The first-order chi connectivity index (χ1) is 10.5. The SMILES string of the molecule is [B]c1cc(F)ccc1[C@H]1Cc2nc(N)nc(CC)c2C(=O)N1. The molecule has 110 valence electrons. The Morgan fingerprint density at radius 2 is 2.23 bits per heavy atom. The fraction of sp³-hybridized carbons (Fsp3) is 0.267. The van der Waals surface area contributed by atoms with Gasteiger partial charge < -0.3 is 11.1 Å². The molecule has 0 fully saturated rings. The second-order valence-electron chi connectivity index (χ2n) is 5.21. The maximum Gasteiger partial charge on any atom is 0.255 e. The largest absolute Gasteiger partial charge is 0.368 e. The lowest BCUT2D eigenvalue weighted by Gasteiger charge is -2.27. The summed E-state index contributed by atoms with van der Waals surface area (Å²) in [5, 5.41) is 2.88. The zero-order valence-corrected chi connectivity index (χ0v) is 12.1. The highest BCUT2D eigenvalue weighted by molar-refractivity contribution is 6.33. The number of rotatable bonds is 2. The summed E-state index contributed by atoms with van der Waals surface area (Å²) in [6.45, 7) is 1.90. The molecule has 1 aliphatic heterocycles. The number of nitrogens with one attached hydrogen (secondary N) is 1. The van der Waals surface area contributed by atoms with Crippen LogP contribution in [0.2, 0.25) is 0 Å². The fourth-order valence-electron chi connectivity index (χ4n) is 2.77. The molecule has 0 spiro atoms. The minimum absolute atomic E-state index is 0.149. The fourth-order valence-corrected chi connectivity index (χ4v) is 2.77. The van der Waals surface area contributed by atoms with Crippen LogP contribution in [0.15, 0.2) is 18.2 Å². The Labute approximate surface area is 128 Å². The van der Waals surface area contributed by atoms with Crippen molar-refractivity contribution in [3.8, 4) is 0 Å². The van der Waals surface area contributed by atoms with Gasteiger partial charge in [-0.15, -0.1) is 0 Å². The van der Waals surface area contributed by atoms with Crippen molar-refractivity contribution < 1.29 is 9.18 Å². The summed E-state index contributed by atoms with van der Waals surface area (Å²) in [6.07, 6.45) is 1.03. The molecule has 0 unspecified atom stereocenters. The number of anilines is 1. The van der Waals surface area contributed by atoms with Crippen LogP contribution in [0.1, 0.15) is 40.3 Å². The first-order valence-corrected chi connectivity index (χ1v) is 7.00. The lowest BCUT2D eigenvalue weighted by molar-refractivity contribution is 0.0922. The third-order valence-corrected chi connectivity index (χ3v) is 3.77. The number of fused-ring (bicyclic) bond motifs is 1. The molecule has 0 saturated carbocycles. The predicted molar refractivity (Wildman–Crippen MR) is 81.5 cm³/mol. The molecule has 3 rings (SSSR count). The first kappa shape index (κ1) is 14.5. The third-order valence-electron chi connectivity index (χ3n) is 3.77. The van der Waals surface area contributed by atoms with E-state index in [1.54, 1.807) is 6.07 Å². The van der Waals surface area contributed by atoms with Crippen LogP contribution < -0.4 is 16.5 Å². The van der Waals surface area contributed by atoms with Gasteiger partial charge in [-0.2, -0.15) is 0 Å². The number of hydrogen-bond acceptors (Lipinski definition) is 4. The number of carbonyl (C=O) groups is 1. The summed E-state index contributed by atoms with van der Waals surface area (Å²) in [7, 11) is 5.85. The van der Waals surface area contributed by atoms with Crippen LogP contribution in [0.5, 0.6) is 0 Å². The van der Waals surface area contributed by atoms with E-state index in [4.69, 9.17) is 13.6 Å². The predicted octanol–water partition coefficient (Wildman–Crippen LogP) is 0.581. The number of halogens is 1. The number of aryl methyl sites for hydroxylation is 1. The normalized spacial score (nSPS) is 17.0. The quantitative estimate of drug-likeness (QED) is 0.794. The van der Waals surface area contributed by atoms with Gasteiger partial charge in [0.05, 0.1) is 23.0 Å². The smallest absolute Gasteiger partial charge is 0.255 e. The highest BCUT2D eigenvalue weighted by Crippen LogP contribution is 2.26. The molecule has 1 atom stereocenters. The van der Waals surface area contributed by atoms with Gasteiger partial charge in [-0.05, 0) is 24.1 Å². The van der Waals surface area contributed by atoms with E-state index in [9.17, 15) is 9.18 Å². The number of hydrogen-bond donors (Lipinski definition) is 2. The lowest BCUT2D eigenvalue weighted by Crippen LogP contribution is -2.39.